The summed E-state index contributed by atoms with van der Waals surface area (Å²) < 4.78 is 2.72. The summed E-state index contributed by atoms with van der Waals surface area (Å²) in [5, 5.41) is 3.48. The quantitative estimate of drug-likeness (QED) is 0.896. The average Bonchev–Trinajstić information content (AvgIpc) is 2.83. The van der Waals surface area contributed by atoms with E-state index >= 15 is 0 Å². The first-order chi connectivity index (χ1) is 9.75. The van der Waals surface area contributed by atoms with E-state index in [0.717, 1.165) is 42.8 Å². The molecule has 0 aromatic carbocycles. The van der Waals surface area contributed by atoms with Gasteiger partial charge in [0.15, 0.2) is 0 Å². The molecular weight excluding hydrogens is 246 g/mol. The lowest BCUT2D eigenvalue weighted by Crippen LogP contribution is -2.25. The maximum absolute atomic E-state index is 5.01. The van der Waals surface area contributed by atoms with Crippen LogP contribution in [0.5, 0.6) is 0 Å². The molecule has 2 bridgehead atoms. The fourth-order valence-electron chi connectivity index (χ4n) is 5.72. The molecule has 108 valence electrons. The van der Waals surface area contributed by atoms with Gasteiger partial charge in [-0.05, 0) is 42.9 Å². The van der Waals surface area contributed by atoms with Crippen molar-refractivity contribution in [1.82, 2.24) is 14.9 Å². The zero-order chi connectivity index (χ0) is 13.4. The number of fused-ring (bicyclic) bond motifs is 6. The van der Waals surface area contributed by atoms with Crippen LogP contribution in [0.4, 0.5) is 0 Å². The summed E-state index contributed by atoms with van der Waals surface area (Å²) in [5.74, 6) is 6.06. The van der Waals surface area contributed by atoms with Crippen LogP contribution in [0.2, 0.25) is 0 Å². The second-order valence-corrected chi connectivity index (χ2v) is 7.79. The smallest absolute Gasteiger partial charge is 0.112 e. The lowest BCUT2D eigenvalue weighted by Gasteiger charge is -2.20. The van der Waals surface area contributed by atoms with Crippen LogP contribution in [0.15, 0.2) is 0 Å². The SMILES string of the molecule is CC(C)c1nc2c(n1C1C3C4CCC(C4)C31)CCNC2. The molecule has 0 amide bonds. The first-order valence-electron chi connectivity index (χ1n) is 8.56. The summed E-state index contributed by atoms with van der Waals surface area (Å²) >= 11 is 0. The number of hydrogen-bond acceptors (Lipinski definition) is 2. The van der Waals surface area contributed by atoms with Crippen molar-refractivity contribution in [3.63, 3.8) is 0 Å². The summed E-state index contributed by atoms with van der Waals surface area (Å²) in [6, 6.07) is 0.827. The maximum Gasteiger partial charge on any atom is 0.112 e. The van der Waals surface area contributed by atoms with Gasteiger partial charge in [0.05, 0.1) is 5.69 Å². The Balaban J connectivity index is 1.59. The zero-order valence-electron chi connectivity index (χ0n) is 12.6. The van der Waals surface area contributed by atoms with E-state index in [4.69, 9.17) is 4.98 Å². The van der Waals surface area contributed by atoms with Gasteiger partial charge in [0, 0.05) is 37.2 Å². The van der Waals surface area contributed by atoms with Crippen LogP contribution in [0, 0.1) is 23.7 Å². The monoisotopic (exact) mass is 271 g/mol. The Bertz CT molecular complexity index is 543. The standard InChI is InChI=1S/C17H25N3/c1-9(2)17-19-12-8-18-6-5-13(12)20(17)16-14-10-3-4-11(7-10)15(14)16/h9-11,14-16,18H,3-8H2,1-2H3. The Hall–Kier alpha value is -0.830. The van der Waals surface area contributed by atoms with Crippen molar-refractivity contribution in [2.75, 3.05) is 6.54 Å². The second-order valence-electron chi connectivity index (χ2n) is 7.79. The van der Waals surface area contributed by atoms with Gasteiger partial charge in [-0.1, -0.05) is 13.8 Å². The molecule has 4 aliphatic rings. The predicted molar refractivity (Wildman–Crippen MR) is 78.6 cm³/mol. The van der Waals surface area contributed by atoms with Crippen molar-refractivity contribution >= 4 is 0 Å². The van der Waals surface area contributed by atoms with Gasteiger partial charge >= 0.3 is 0 Å². The molecule has 1 N–H and O–H groups in total. The summed E-state index contributed by atoms with van der Waals surface area (Å²) in [4.78, 5) is 5.01. The minimum absolute atomic E-state index is 0.555. The van der Waals surface area contributed by atoms with E-state index in [2.05, 4.69) is 23.7 Å². The molecule has 3 aliphatic carbocycles. The topological polar surface area (TPSA) is 29.9 Å². The minimum atomic E-state index is 0.555. The van der Waals surface area contributed by atoms with E-state index < -0.39 is 0 Å². The van der Waals surface area contributed by atoms with Crippen LogP contribution in [0.25, 0.3) is 0 Å². The fourth-order valence-corrected chi connectivity index (χ4v) is 5.72. The number of aromatic nitrogens is 2. The Kier molecular flexibility index (Phi) is 2.29. The lowest BCUT2D eigenvalue weighted by atomic mass is 10.0. The van der Waals surface area contributed by atoms with Gasteiger partial charge in [-0.25, -0.2) is 4.98 Å². The molecule has 1 aliphatic heterocycles. The third-order valence-electron chi connectivity index (χ3n) is 6.46. The van der Waals surface area contributed by atoms with E-state index in [1.807, 2.05) is 0 Å². The Labute approximate surface area is 121 Å². The summed E-state index contributed by atoms with van der Waals surface area (Å²) in [7, 11) is 0. The summed E-state index contributed by atoms with van der Waals surface area (Å²) in [6.07, 6.45) is 5.75. The molecule has 3 fully saturated rings. The van der Waals surface area contributed by atoms with Crippen molar-refractivity contribution in [2.24, 2.45) is 23.7 Å². The maximum atomic E-state index is 5.01. The van der Waals surface area contributed by atoms with Gasteiger partial charge in [0.1, 0.15) is 5.82 Å². The van der Waals surface area contributed by atoms with Crippen LogP contribution in [-0.2, 0) is 13.0 Å². The Morgan fingerprint density at radius 2 is 1.95 bits per heavy atom. The zero-order valence-corrected chi connectivity index (χ0v) is 12.6. The second kappa shape index (κ2) is 3.88. The van der Waals surface area contributed by atoms with E-state index in [9.17, 15) is 0 Å². The molecule has 20 heavy (non-hydrogen) atoms. The molecule has 4 atom stereocenters. The molecule has 3 saturated carbocycles. The highest BCUT2D eigenvalue weighted by Crippen LogP contribution is 2.72. The van der Waals surface area contributed by atoms with Crippen molar-refractivity contribution in [3.8, 4) is 0 Å². The molecule has 0 spiro atoms. The van der Waals surface area contributed by atoms with Crippen LogP contribution >= 0.6 is 0 Å². The van der Waals surface area contributed by atoms with Gasteiger partial charge < -0.3 is 9.88 Å². The minimum Gasteiger partial charge on any atom is -0.328 e. The molecule has 3 heteroatoms. The third-order valence-corrected chi connectivity index (χ3v) is 6.46. The third kappa shape index (κ3) is 1.37. The van der Waals surface area contributed by atoms with Crippen molar-refractivity contribution in [3.05, 3.63) is 17.2 Å². The highest BCUT2D eigenvalue weighted by atomic mass is 15.2. The van der Waals surface area contributed by atoms with Crippen molar-refractivity contribution in [1.29, 1.82) is 0 Å². The van der Waals surface area contributed by atoms with E-state index in [0.29, 0.717) is 5.92 Å². The summed E-state index contributed by atoms with van der Waals surface area (Å²) in [5.41, 5.74) is 2.92. The number of nitrogens with one attached hydrogen (secondary N) is 1. The molecule has 1 aromatic heterocycles. The van der Waals surface area contributed by atoms with E-state index in [1.54, 1.807) is 12.1 Å². The van der Waals surface area contributed by atoms with Crippen LogP contribution < -0.4 is 5.32 Å². The normalized spacial score (nSPS) is 41.0. The fraction of sp³-hybridized carbons (Fsp3) is 0.824. The molecular formula is C17H25N3. The van der Waals surface area contributed by atoms with Crippen LogP contribution in [0.3, 0.4) is 0 Å². The molecule has 1 aromatic rings. The van der Waals surface area contributed by atoms with Gasteiger partial charge in [0.2, 0.25) is 0 Å². The largest absolute Gasteiger partial charge is 0.328 e. The van der Waals surface area contributed by atoms with E-state index in [-0.39, 0.29) is 0 Å². The van der Waals surface area contributed by atoms with Crippen LogP contribution in [0.1, 0.15) is 62.3 Å². The van der Waals surface area contributed by atoms with Crippen LogP contribution in [-0.4, -0.2) is 16.1 Å². The van der Waals surface area contributed by atoms with Crippen molar-refractivity contribution < 1.29 is 0 Å². The van der Waals surface area contributed by atoms with E-state index in [1.165, 1.54) is 30.8 Å². The molecule has 2 heterocycles. The first-order valence-corrected chi connectivity index (χ1v) is 8.56. The molecule has 5 rings (SSSR count). The highest BCUT2D eigenvalue weighted by molar-refractivity contribution is 5.28. The summed E-state index contributed by atoms with van der Waals surface area (Å²) in [6.45, 7) is 6.73. The molecule has 3 nitrogen and oxygen atoms in total. The Morgan fingerprint density at radius 3 is 2.65 bits per heavy atom. The molecule has 4 unspecified atom stereocenters. The number of imidazole rings is 1. The van der Waals surface area contributed by atoms with Gasteiger partial charge in [-0.2, -0.15) is 0 Å². The van der Waals surface area contributed by atoms with Gasteiger partial charge in [0.25, 0.3) is 0 Å². The number of nitrogens with zero attached hydrogens (tertiary/aromatic N) is 2. The molecule has 0 saturated heterocycles. The van der Waals surface area contributed by atoms with Gasteiger partial charge in [-0.3, -0.25) is 0 Å². The first kappa shape index (κ1) is 11.8. The average molecular weight is 271 g/mol. The predicted octanol–water partition coefficient (Wildman–Crippen LogP) is 2.87. The van der Waals surface area contributed by atoms with Gasteiger partial charge in [-0.15, -0.1) is 0 Å². The molecule has 0 radical (unpaired) electrons. The Morgan fingerprint density at radius 1 is 1.20 bits per heavy atom. The highest BCUT2D eigenvalue weighted by Gasteiger charge is 2.66. The lowest BCUT2D eigenvalue weighted by molar-refractivity contribution is 0.431. The number of rotatable bonds is 2. The number of hydrogen-bond donors (Lipinski definition) is 1. The van der Waals surface area contributed by atoms with Crippen molar-refractivity contribution in [2.45, 2.75) is 58.0 Å².